The van der Waals surface area contributed by atoms with Gasteiger partial charge < -0.3 is 9.47 Å². The summed E-state index contributed by atoms with van der Waals surface area (Å²) >= 11 is 0. The standard InChI is InChI=1S/C25H22F3NO7S2/c1-35-24(30)15-36-19-8-7-16-11-18(12-17(16)13-19)29-38(33,34)23-14-21(9-10-22(23)25(26,27)28)37(31,32)20-5-3-2-4-6-20/h2-10,13-14,18,29H,11-12,15H2,1H3. The number of methoxy groups -OCH3 is 1. The fourth-order valence-corrected chi connectivity index (χ4v) is 6.98. The van der Waals surface area contributed by atoms with E-state index in [0.29, 0.717) is 23.4 Å². The number of nitrogens with one attached hydrogen (secondary N) is 1. The summed E-state index contributed by atoms with van der Waals surface area (Å²) in [7, 11) is -7.87. The van der Waals surface area contributed by atoms with Gasteiger partial charge >= 0.3 is 12.1 Å². The minimum atomic E-state index is -5.05. The maximum absolute atomic E-state index is 13.8. The van der Waals surface area contributed by atoms with Crippen LogP contribution in [0.2, 0.25) is 0 Å². The summed E-state index contributed by atoms with van der Waals surface area (Å²) in [6, 6.07) is 12.8. The Morgan fingerprint density at radius 1 is 0.921 bits per heavy atom. The average Bonchev–Trinajstić information content (AvgIpc) is 3.27. The first-order valence-corrected chi connectivity index (χ1v) is 14.1. The molecule has 8 nitrogen and oxygen atoms in total. The molecule has 0 aromatic heterocycles. The Bertz CT molecular complexity index is 1570. The minimum absolute atomic E-state index is 0.146. The number of halogens is 3. The van der Waals surface area contributed by atoms with Crippen molar-refractivity contribution in [2.45, 2.75) is 39.7 Å². The third kappa shape index (κ3) is 5.84. The summed E-state index contributed by atoms with van der Waals surface area (Å²) < 4.78 is 106. The Kier molecular flexibility index (Phi) is 7.55. The molecule has 0 spiro atoms. The predicted molar refractivity (Wildman–Crippen MR) is 129 cm³/mol. The molecular formula is C25H22F3NO7S2. The Balaban J connectivity index is 1.62. The molecule has 0 heterocycles. The molecule has 1 N–H and O–H groups in total. The highest BCUT2D eigenvalue weighted by molar-refractivity contribution is 7.91. The minimum Gasteiger partial charge on any atom is -0.482 e. The van der Waals surface area contributed by atoms with Crippen LogP contribution < -0.4 is 9.46 Å². The number of alkyl halides is 3. The average molecular weight is 570 g/mol. The van der Waals surface area contributed by atoms with Crippen LogP contribution in [0.4, 0.5) is 13.2 Å². The summed E-state index contributed by atoms with van der Waals surface area (Å²) in [6.45, 7) is -0.326. The van der Waals surface area contributed by atoms with Crippen molar-refractivity contribution in [3.63, 3.8) is 0 Å². The predicted octanol–water partition coefficient (Wildman–Crippen LogP) is 3.54. The fourth-order valence-electron chi connectivity index (χ4n) is 4.11. The van der Waals surface area contributed by atoms with Crippen LogP contribution in [0.5, 0.6) is 5.75 Å². The zero-order valence-electron chi connectivity index (χ0n) is 19.9. The molecule has 0 amide bonds. The molecule has 0 fully saturated rings. The molecule has 1 atom stereocenters. The number of sulfone groups is 1. The molecule has 0 saturated heterocycles. The van der Waals surface area contributed by atoms with Gasteiger partial charge in [-0.05, 0) is 66.4 Å². The summed E-state index contributed by atoms with van der Waals surface area (Å²) in [4.78, 5) is 9.33. The van der Waals surface area contributed by atoms with E-state index in [1.54, 1.807) is 24.3 Å². The number of sulfonamides is 1. The third-order valence-corrected chi connectivity index (χ3v) is 9.26. The van der Waals surface area contributed by atoms with Gasteiger partial charge in [-0.2, -0.15) is 13.2 Å². The summed E-state index contributed by atoms with van der Waals surface area (Å²) in [5, 5.41) is 0. The molecule has 3 aromatic rings. The smallest absolute Gasteiger partial charge is 0.417 e. The van der Waals surface area contributed by atoms with Gasteiger partial charge in [0.15, 0.2) is 6.61 Å². The molecule has 0 aliphatic heterocycles. The number of esters is 1. The van der Waals surface area contributed by atoms with Gasteiger partial charge in [-0.3, -0.25) is 0 Å². The zero-order valence-corrected chi connectivity index (χ0v) is 21.5. The van der Waals surface area contributed by atoms with Gasteiger partial charge in [0.2, 0.25) is 19.9 Å². The summed E-state index contributed by atoms with van der Waals surface area (Å²) in [6.07, 6.45) is -4.72. The van der Waals surface area contributed by atoms with E-state index in [4.69, 9.17) is 4.74 Å². The Labute approximate surface area is 217 Å². The van der Waals surface area contributed by atoms with Crippen molar-refractivity contribution in [2.75, 3.05) is 13.7 Å². The van der Waals surface area contributed by atoms with E-state index in [2.05, 4.69) is 9.46 Å². The van der Waals surface area contributed by atoms with Crippen LogP contribution >= 0.6 is 0 Å². The van der Waals surface area contributed by atoms with Crippen molar-refractivity contribution in [2.24, 2.45) is 0 Å². The van der Waals surface area contributed by atoms with Gasteiger partial charge in [0, 0.05) is 6.04 Å². The number of hydrogen-bond acceptors (Lipinski definition) is 7. The Morgan fingerprint density at radius 2 is 1.61 bits per heavy atom. The quantitative estimate of drug-likeness (QED) is 0.413. The summed E-state index contributed by atoms with van der Waals surface area (Å²) in [5.41, 5.74) is -0.0397. The van der Waals surface area contributed by atoms with Crippen molar-refractivity contribution < 1.29 is 44.3 Å². The first-order chi connectivity index (χ1) is 17.8. The lowest BCUT2D eigenvalue weighted by Gasteiger charge is -2.18. The van der Waals surface area contributed by atoms with E-state index in [1.807, 2.05) is 0 Å². The molecule has 4 rings (SSSR count). The highest BCUT2D eigenvalue weighted by atomic mass is 32.2. The maximum Gasteiger partial charge on any atom is 0.417 e. The highest BCUT2D eigenvalue weighted by Crippen LogP contribution is 2.37. The lowest BCUT2D eigenvalue weighted by molar-refractivity contribution is -0.143. The van der Waals surface area contributed by atoms with E-state index in [0.717, 1.165) is 11.6 Å². The van der Waals surface area contributed by atoms with Crippen molar-refractivity contribution in [1.82, 2.24) is 4.72 Å². The van der Waals surface area contributed by atoms with Crippen molar-refractivity contribution >= 4 is 25.8 Å². The van der Waals surface area contributed by atoms with Gasteiger partial charge in [-0.25, -0.2) is 26.4 Å². The summed E-state index contributed by atoms with van der Waals surface area (Å²) in [5.74, 6) is -0.246. The molecule has 0 bridgehead atoms. The van der Waals surface area contributed by atoms with Crippen LogP contribution in [-0.4, -0.2) is 42.6 Å². The molecule has 1 aliphatic rings. The second-order valence-electron chi connectivity index (χ2n) is 8.49. The number of benzene rings is 3. The largest absolute Gasteiger partial charge is 0.482 e. The number of carbonyl (C=O) groups is 1. The van der Waals surface area contributed by atoms with Gasteiger partial charge in [-0.15, -0.1) is 0 Å². The van der Waals surface area contributed by atoms with Crippen LogP contribution in [-0.2, 0) is 48.4 Å². The van der Waals surface area contributed by atoms with Crippen molar-refractivity contribution in [1.29, 1.82) is 0 Å². The molecule has 3 aromatic carbocycles. The second kappa shape index (κ2) is 10.4. The van der Waals surface area contributed by atoms with Crippen LogP contribution in [0.1, 0.15) is 16.7 Å². The van der Waals surface area contributed by atoms with Crippen LogP contribution in [0.3, 0.4) is 0 Å². The van der Waals surface area contributed by atoms with E-state index in [-0.39, 0.29) is 24.3 Å². The van der Waals surface area contributed by atoms with Gasteiger partial charge in [-0.1, -0.05) is 24.3 Å². The number of rotatable bonds is 8. The lowest BCUT2D eigenvalue weighted by atomic mass is 10.1. The van der Waals surface area contributed by atoms with Crippen LogP contribution in [0.15, 0.2) is 81.4 Å². The van der Waals surface area contributed by atoms with Gasteiger partial charge in [0.1, 0.15) is 5.75 Å². The maximum atomic E-state index is 13.8. The van der Waals surface area contributed by atoms with E-state index < -0.39 is 53.4 Å². The van der Waals surface area contributed by atoms with Gasteiger partial charge in [0.25, 0.3) is 0 Å². The van der Waals surface area contributed by atoms with E-state index in [1.165, 1.54) is 31.4 Å². The number of carbonyl (C=O) groups excluding carboxylic acids is 1. The molecular weight excluding hydrogens is 547 g/mol. The second-order valence-corrected chi connectivity index (χ2v) is 12.1. The highest BCUT2D eigenvalue weighted by Gasteiger charge is 2.39. The number of fused-ring (bicyclic) bond motifs is 1. The Morgan fingerprint density at radius 3 is 2.26 bits per heavy atom. The number of ether oxygens (including phenoxy) is 2. The van der Waals surface area contributed by atoms with Crippen molar-refractivity contribution in [3.05, 3.63) is 83.4 Å². The fraction of sp³-hybridized carbons (Fsp3) is 0.240. The van der Waals surface area contributed by atoms with Crippen LogP contribution in [0, 0.1) is 0 Å². The molecule has 38 heavy (non-hydrogen) atoms. The number of hydrogen-bond donors (Lipinski definition) is 1. The Hall–Kier alpha value is -3.42. The monoisotopic (exact) mass is 569 g/mol. The first kappa shape index (κ1) is 27.6. The third-order valence-electron chi connectivity index (χ3n) is 5.93. The molecule has 1 aliphatic carbocycles. The molecule has 202 valence electrons. The van der Waals surface area contributed by atoms with Gasteiger partial charge in [0.05, 0.1) is 27.4 Å². The van der Waals surface area contributed by atoms with Crippen LogP contribution in [0.25, 0.3) is 0 Å². The molecule has 0 saturated carbocycles. The zero-order chi connectivity index (χ0) is 27.7. The normalized spacial score (nSPS) is 15.6. The topological polar surface area (TPSA) is 116 Å². The SMILES string of the molecule is COC(=O)COc1ccc2c(c1)CC(NS(=O)(=O)c1cc(S(=O)(=O)c3ccccc3)ccc1C(F)(F)F)C2. The molecule has 1 unspecified atom stereocenters. The molecule has 0 radical (unpaired) electrons. The first-order valence-electron chi connectivity index (χ1n) is 11.2. The molecule has 13 heteroatoms. The van der Waals surface area contributed by atoms with E-state index >= 15 is 0 Å². The lowest BCUT2D eigenvalue weighted by Crippen LogP contribution is -2.36. The van der Waals surface area contributed by atoms with E-state index in [9.17, 15) is 34.8 Å². The van der Waals surface area contributed by atoms with Crippen molar-refractivity contribution in [3.8, 4) is 5.75 Å².